The van der Waals surface area contributed by atoms with Gasteiger partial charge in [-0.1, -0.05) is 19.3 Å². The first-order valence-corrected chi connectivity index (χ1v) is 10.9. The van der Waals surface area contributed by atoms with Gasteiger partial charge >= 0.3 is 0 Å². The Morgan fingerprint density at radius 2 is 1.71 bits per heavy atom. The van der Waals surface area contributed by atoms with Gasteiger partial charge in [-0.15, -0.1) is 0 Å². The molecule has 1 aromatic rings. The van der Waals surface area contributed by atoms with Crippen molar-refractivity contribution in [1.29, 1.82) is 0 Å². The van der Waals surface area contributed by atoms with E-state index in [-0.39, 0.29) is 11.3 Å². The molecule has 0 aromatic heterocycles. The largest absolute Gasteiger partial charge is 0.378 e. The van der Waals surface area contributed by atoms with E-state index in [0.29, 0.717) is 25.0 Å². The maximum absolute atomic E-state index is 13.5. The molecule has 2 heterocycles. The van der Waals surface area contributed by atoms with E-state index in [9.17, 15) is 9.59 Å². The standard InChI is InChI=1S/C23H33N3O2/c1-24(2)19-11-9-18(10-12-19)21(27)25-16-14-23(17-25)13-6-15-26(22(23)28)20-7-4-3-5-8-20/h9-12,20H,3-8,13-17H2,1-2H3/t23-/m1/s1. The Morgan fingerprint density at radius 3 is 2.39 bits per heavy atom. The number of benzene rings is 1. The molecular formula is C23H33N3O2. The minimum absolute atomic E-state index is 0.0600. The molecule has 1 atom stereocenters. The molecule has 0 N–H and O–H groups in total. The Labute approximate surface area is 168 Å². The summed E-state index contributed by atoms with van der Waals surface area (Å²) in [6.07, 6.45) is 8.92. The minimum Gasteiger partial charge on any atom is -0.378 e. The van der Waals surface area contributed by atoms with Crippen LogP contribution in [0.2, 0.25) is 0 Å². The fraction of sp³-hybridized carbons (Fsp3) is 0.652. The van der Waals surface area contributed by atoms with Crippen LogP contribution >= 0.6 is 0 Å². The van der Waals surface area contributed by atoms with E-state index in [1.807, 2.05) is 48.2 Å². The Morgan fingerprint density at radius 1 is 1.00 bits per heavy atom. The average Bonchev–Trinajstić information content (AvgIpc) is 3.15. The molecule has 28 heavy (non-hydrogen) atoms. The van der Waals surface area contributed by atoms with Gasteiger partial charge in [0.25, 0.3) is 5.91 Å². The quantitative estimate of drug-likeness (QED) is 0.802. The number of carbonyl (C=O) groups excluding carboxylic acids is 2. The Kier molecular flexibility index (Phi) is 5.35. The minimum atomic E-state index is -0.338. The zero-order valence-corrected chi connectivity index (χ0v) is 17.3. The SMILES string of the molecule is CN(C)c1ccc(C(=O)N2CC[C@]3(CCCN(C4CCCCC4)C3=O)C2)cc1. The van der Waals surface area contributed by atoms with Crippen molar-refractivity contribution < 1.29 is 9.59 Å². The highest BCUT2D eigenvalue weighted by Gasteiger charge is 2.50. The Hall–Kier alpha value is -2.04. The highest BCUT2D eigenvalue weighted by Crippen LogP contribution is 2.42. The van der Waals surface area contributed by atoms with Gasteiger partial charge in [-0.25, -0.2) is 0 Å². The van der Waals surface area contributed by atoms with Crippen molar-refractivity contribution in [3.8, 4) is 0 Å². The predicted molar refractivity (Wildman–Crippen MR) is 112 cm³/mol. The molecule has 0 bridgehead atoms. The van der Waals surface area contributed by atoms with Crippen LogP contribution in [0.3, 0.4) is 0 Å². The van der Waals surface area contributed by atoms with Gasteiger partial charge < -0.3 is 14.7 Å². The summed E-state index contributed by atoms with van der Waals surface area (Å²) < 4.78 is 0. The molecular weight excluding hydrogens is 350 g/mol. The van der Waals surface area contributed by atoms with Crippen molar-refractivity contribution in [3.63, 3.8) is 0 Å². The number of hydrogen-bond acceptors (Lipinski definition) is 3. The molecule has 5 nitrogen and oxygen atoms in total. The van der Waals surface area contributed by atoms with Crippen LogP contribution < -0.4 is 4.90 Å². The zero-order valence-electron chi connectivity index (χ0n) is 17.3. The van der Waals surface area contributed by atoms with Gasteiger partial charge in [0.2, 0.25) is 5.91 Å². The number of likely N-dealkylation sites (tertiary alicyclic amines) is 2. The van der Waals surface area contributed by atoms with Gasteiger partial charge in [-0.05, 0) is 56.4 Å². The van der Waals surface area contributed by atoms with E-state index < -0.39 is 0 Å². The summed E-state index contributed by atoms with van der Waals surface area (Å²) in [5.41, 5.74) is 1.46. The highest BCUT2D eigenvalue weighted by atomic mass is 16.2. The van der Waals surface area contributed by atoms with Gasteiger partial charge in [0, 0.05) is 51.0 Å². The molecule has 152 valence electrons. The highest BCUT2D eigenvalue weighted by molar-refractivity contribution is 5.96. The third-order valence-corrected chi connectivity index (χ3v) is 7.06. The lowest BCUT2D eigenvalue weighted by Crippen LogP contribution is -2.54. The summed E-state index contributed by atoms with van der Waals surface area (Å²) in [7, 11) is 3.99. The van der Waals surface area contributed by atoms with E-state index in [2.05, 4.69) is 4.90 Å². The van der Waals surface area contributed by atoms with Crippen LogP contribution in [0.25, 0.3) is 0 Å². The Bertz CT molecular complexity index is 724. The number of amides is 2. The average molecular weight is 384 g/mol. The number of anilines is 1. The fourth-order valence-corrected chi connectivity index (χ4v) is 5.35. The van der Waals surface area contributed by atoms with Gasteiger partial charge in [-0.2, -0.15) is 0 Å². The van der Waals surface area contributed by atoms with E-state index in [1.165, 1.54) is 19.3 Å². The van der Waals surface area contributed by atoms with Crippen molar-refractivity contribution in [2.45, 2.75) is 57.4 Å². The molecule has 2 saturated heterocycles. The molecule has 2 amide bonds. The summed E-state index contributed by atoms with van der Waals surface area (Å²) in [6.45, 7) is 2.19. The van der Waals surface area contributed by atoms with Gasteiger partial charge in [0.05, 0.1) is 5.41 Å². The van der Waals surface area contributed by atoms with Crippen LogP contribution in [0.5, 0.6) is 0 Å². The van der Waals surface area contributed by atoms with Crippen LogP contribution in [-0.2, 0) is 4.79 Å². The maximum atomic E-state index is 13.5. The van der Waals surface area contributed by atoms with Crippen LogP contribution in [0.15, 0.2) is 24.3 Å². The lowest BCUT2D eigenvalue weighted by molar-refractivity contribution is -0.149. The smallest absolute Gasteiger partial charge is 0.253 e. The van der Waals surface area contributed by atoms with E-state index in [4.69, 9.17) is 0 Å². The van der Waals surface area contributed by atoms with Crippen molar-refractivity contribution >= 4 is 17.5 Å². The summed E-state index contributed by atoms with van der Waals surface area (Å²) in [5.74, 6) is 0.383. The summed E-state index contributed by atoms with van der Waals surface area (Å²) in [5, 5.41) is 0. The summed E-state index contributed by atoms with van der Waals surface area (Å²) in [6, 6.07) is 8.20. The molecule has 1 aromatic carbocycles. The van der Waals surface area contributed by atoms with Gasteiger partial charge in [-0.3, -0.25) is 9.59 Å². The normalized spacial score (nSPS) is 26.1. The molecule has 2 aliphatic heterocycles. The number of hydrogen-bond donors (Lipinski definition) is 0. The van der Waals surface area contributed by atoms with E-state index in [0.717, 1.165) is 49.9 Å². The van der Waals surface area contributed by atoms with E-state index in [1.54, 1.807) is 0 Å². The van der Waals surface area contributed by atoms with Gasteiger partial charge in [0.15, 0.2) is 0 Å². The van der Waals surface area contributed by atoms with Crippen molar-refractivity contribution in [2.75, 3.05) is 38.6 Å². The summed E-state index contributed by atoms with van der Waals surface area (Å²) in [4.78, 5) is 32.6. The summed E-state index contributed by atoms with van der Waals surface area (Å²) >= 11 is 0. The molecule has 3 aliphatic rings. The molecule has 4 rings (SSSR count). The number of carbonyl (C=O) groups is 2. The topological polar surface area (TPSA) is 43.9 Å². The molecule has 1 spiro atoms. The first-order valence-electron chi connectivity index (χ1n) is 10.9. The van der Waals surface area contributed by atoms with Crippen LogP contribution in [0.4, 0.5) is 5.69 Å². The second-order valence-electron chi connectivity index (χ2n) is 9.09. The lowest BCUT2D eigenvalue weighted by atomic mass is 9.77. The monoisotopic (exact) mass is 383 g/mol. The molecule has 5 heteroatoms. The van der Waals surface area contributed by atoms with Crippen molar-refractivity contribution in [2.24, 2.45) is 5.41 Å². The molecule has 0 unspecified atom stereocenters. The molecule has 1 aliphatic carbocycles. The third-order valence-electron chi connectivity index (χ3n) is 7.06. The van der Waals surface area contributed by atoms with Crippen LogP contribution in [-0.4, -0.2) is 61.4 Å². The van der Waals surface area contributed by atoms with Crippen LogP contribution in [0.1, 0.15) is 61.7 Å². The molecule has 3 fully saturated rings. The predicted octanol–water partition coefficient (Wildman–Crippen LogP) is 3.54. The third kappa shape index (κ3) is 3.51. The fourth-order valence-electron chi connectivity index (χ4n) is 5.35. The zero-order chi connectivity index (χ0) is 19.7. The first-order chi connectivity index (χ1) is 13.5. The molecule has 0 radical (unpaired) electrons. The van der Waals surface area contributed by atoms with Crippen LogP contribution in [0, 0.1) is 5.41 Å². The number of piperidine rings is 1. The lowest BCUT2D eigenvalue weighted by Gasteiger charge is -2.44. The molecule has 1 saturated carbocycles. The van der Waals surface area contributed by atoms with Crippen molar-refractivity contribution in [1.82, 2.24) is 9.80 Å². The number of rotatable bonds is 3. The van der Waals surface area contributed by atoms with Crippen molar-refractivity contribution in [3.05, 3.63) is 29.8 Å². The second-order valence-corrected chi connectivity index (χ2v) is 9.09. The number of nitrogens with zero attached hydrogens (tertiary/aromatic N) is 3. The Balaban J connectivity index is 1.46. The van der Waals surface area contributed by atoms with E-state index >= 15 is 0 Å². The maximum Gasteiger partial charge on any atom is 0.253 e. The van der Waals surface area contributed by atoms with Gasteiger partial charge in [0.1, 0.15) is 0 Å². The second kappa shape index (κ2) is 7.76. The first kappa shape index (κ1) is 19.3.